The zero-order valence-corrected chi connectivity index (χ0v) is 11.2. The standard InChI is InChI=1S/C15H20N2O2/c1-11-2-4-13(5-3-11)16-15(14(18)19)7-9-17-8-6-12(15)10-17/h2-5,12,16H,6-10H2,1H3,(H,18,19). The Morgan fingerprint density at radius 3 is 2.79 bits per heavy atom. The molecule has 4 nitrogen and oxygen atoms in total. The van der Waals surface area contributed by atoms with Crippen molar-refractivity contribution in [1.29, 1.82) is 0 Å². The molecule has 0 radical (unpaired) electrons. The van der Waals surface area contributed by atoms with Crippen LogP contribution in [0.1, 0.15) is 18.4 Å². The first-order chi connectivity index (χ1) is 9.10. The average Bonchev–Trinajstić information content (AvgIpc) is 2.80. The van der Waals surface area contributed by atoms with E-state index in [-0.39, 0.29) is 5.92 Å². The first kappa shape index (κ1) is 12.5. The number of fused-ring (bicyclic) bond motifs is 2. The lowest BCUT2D eigenvalue weighted by Crippen LogP contribution is -2.57. The topological polar surface area (TPSA) is 52.6 Å². The average molecular weight is 260 g/mol. The summed E-state index contributed by atoms with van der Waals surface area (Å²) in [5.74, 6) is -0.500. The highest BCUT2D eigenvalue weighted by Crippen LogP contribution is 2.38. The lowest BCUT2D eigenvalue weighted by Gasteiger charge is -2.40. The van der Waals surface area contributed by atoms with Crippen molar-refractivity contribution >= 4 is 11.7 Å². The molecule has 0 aliphatic carbocycles. The van der Waals surface area contributed by atoms with Gasteiger partial charge in [-0.15, -0.1) is 0 Å². The quantitative estimate of drug-likeness (QED) is 0.872. The number of aliphatic carboxylic acids is 1. The molecule has 3 rings (SSSR count). The number of hydrogen-bond donors (Lipinski definition) is 2. The molecular weight excluding hydrogens is 240 g/mol. The predicted molar refractivity (Wildman–Crippen MR) is 74.3 cm³/mol. The summed E-state index contributed by atoms with van der Waals surface area (Å²) in [5.41, 5.74) is 1.31. The minimum absolute atomic E-state index is 0.208. The Morgan fingerprint density at radius 2 is 2.11 bits per heavy atom. The van der Waals surface area contributed by atoms with Gasteiger partial charge < -0.3 is 15.3 Å². The molecule has 19 heavy (non-hydrogen) atoms. The maximum atomic E-state index is 11.9. The lowest BCUT2D eigenvalue weighted by molar-refractivity contribution is -0.145. The molecule has 0 aromatic heterocycles. The van der Waals surface area contributed by atoms with E-state index in [9.17, 15) is 9.90 Å². The van der Waals surface area contributed by atoms with E-state index in [1.807, 2.05) is 31.2 Å². The largest absolute Gasteiger partial charge is 0.479 e. The summed E-state index contributed by atoms with van der Waals surface area (Å²) in [4.78, 5) is 14.2. The fourth-order valence-electron chi connectivity index (χ4n) is 3.37. The van der Waals surface area contributed by atoms with Crippen molar-refractivity contribution in [2.75, 3.05) is 25.0 Å². The van der Waals surface area contributed by atoms with Crippen LogP contribution in [0.2, 0.25) is 0 Å². The molecule has 2 N–H and O–H groups in total. The van der Waals surface area contributed by atoms with Crippen molar-refractivity contribution in [1.82, 2.24) is 4.90 Å². The molecule has 3 unspecified atom stereocenters. The van der Waals surface area contributed by atoms with Crippen LogP contribution in [0, 0.1) is 12.8 Å². The number of carboxylic acid groups (broad SMARTS) is 1. The first-order valence-corrected chi connectivity index (χ1v) is 6.91. The van der Waals surface area contributed by atoms with Crippen LogP contribution in [0.5, 0.6) is 0 Å². The molecule has 0 saturated carbocycles. The molecule has 2 fully saturated rings. The summed E-state index contributed by atoms with van der Waals surface area (Å²) in [6, 6.07) is 7.98. The summed E-state index contributed by atoms with van der Waals surface area (Å²) >= 11 is 0. The van der Waals surface area contributed by atoms with Crippen LogP contribution in [0.25, 0.3) is 0 Å². The number of hydrogen-bond acceptors (Lipinski definition) is 3. The zero-order valence-electron chi connectivity index (χ0n) is 11.2. The third-order valence-electron chi connectivity index (χ3n) is 4.59. The van der Waals surface area contributed by atoms with E-state index in [0.717, 1.165) is 31.7 Å². The lowest BCUT2D eigenvalue weighted by atomic mass is 9.78. The SMILES string of the molecule is Cc1ccc(NC2(C(=O)O)CCN3CCC2C3)cc1. The van der Waals surface area contributed by atoms with Gasteiger partial charge in [-0.1, -0.05) is 17.7 Å². The minimum atomic E-state index is -0.789. The Morgan fingerprint density at radius 1 is 1.37 bits per heavy atom. The highest BCUT2D eigenvalue weighted by Gasteiger charge is 2.51. The second kappa shape index (κ2) is 4.53. The number of aryl methyl sites for hydroxylation is 1. The normalized spacial score (nSPS) is 33.1. The van der Waals surface area contributed by atoms with Gasteiger partial charge in [0.25, 0.3) is 0 Å². The number of rotatable bonds is 3. The molecule has 2 aliphatic heterocycles. The maximum absolute atomic E-state index is 11.9. The molecule has 2 aliphatic rings. The third kappa shape index (κ3) is 2.10. The molecule has 3 atom stereocenters. The van der Waals surface area contributed by atoms with Crippen LogP contribution in [0.3, 0.4) is 0 Å². The molecule has 2 bridgehead atoms. The minimum Gasteiger partial charge on any atom is -0.479 e. The number of nitrogens with one attached hydrogen (secondary N) is 1. The summed E-state index contributed by atoms with van der Waals surface area (Å²) in [6.07, 6.45) is 1.66. The van der Waals surface area contributed by atoms with Crippen molar-refractivity contribution in [3.05, 3.63) is 29.8 Å². The van der Waals surface area contributed by atoms with E-state index in [2.05, 4.69) is 10.2 Å². The summed E-state index contributed by atoms with van der Waals surface area (Å²) in [7, 11) is 0. The number of anilines is 1. The van der Waals surface area contributed by atoms with E-state index in [1.54, 1.807) is 0 Å². The molecule has 0 amide bonds. The van der Waals surface area contributed by atoms with Gasteiger partial charge in [0.1, 0.15) is 5.54 Å². The van der Waals surface area contributed by atoms with Gasteiger partial charge in [0.05, 0.1) is 0 Å². The fourth-order valence-corrected chi connectivity index (χ4v) is 3.37. The summed E-state index contributed by atoms with van der Waals surface area (Å²) < 4.78 is 0. The molecule has 1 aromatic rings. The van der Waals surface area contributed by atoms with Gasteiger partial charge >= 0.3 is 5.97 Å². The van der Waals surface area contributed by atoms with Crippen molar-refractivity contribution in [2.45, 2.75) is 25.3 Å². The molecule has 2 heterocycles. The van der Waals surface area contributed by atoms with Crippen LogP contribution in [0.15, 0.2) is 24.3 Å². The van der Waals surface area contributed by atoms with Crippen molar-refractivity contribution in [3.63, 3.8) is 0 Å². The molecular formula is C15H20N2O2. The van der Waals surface area contributed by atoms with E-state index >= 15 is 0 Å². The number of piperidine rings is 1. The number of carboxylic acids is 1. The van der Waals surface area contributed by atoms with Crippen LogP contribution < -0.4 is 5.32 Å². The number of benzene rings is 1. The van der Waals surface area contributed by atoms with Crippen molar-refractivity contribution < 1.29 is 9.90 Å². The van der Waals surface area contributed by atoms with Gasteiger partial charge in [0, 0.05) is 24.7 Å². The molecule has 1 aromatic carbocycles. The fraction of sp³-hybridized carbons (Fsp3) is 0.533. The Bertz CT molecular complexity index is 485. The summed E-state index contributed by atoms with van der Waals surface area (Å²) in [6.45, 7) is 4.86. The van der Waals surface area contributed by atoms with Gasteiger partial charge in [-0.2, -0.15) is 0 Å². The Labute approximate surface area is 113 Å². The molecule has 0 spiro atoms. The molecule has 4 heteroatoms. The van der Waals surface area contributed by atoms with E-state index in [1.165, 1.54) is 5.56 Å². The van der Waals surface area contributed by atoms with Crippen LogP contribution >= 0.6 is 0 Å². The van der Waals surface area contributed by atoms with Crippen LogP contribution in [-0.4, -0.2) is 41.1 Å². The first-order valence-electron chi connectivity index (χ1n) is 6.91. The highest BCUT2D eigenvalue weighted by atomic mass is 16.4. The third-order valence-corrected chi connectivity index (χ3v) is 4.59. The second-order valence-electron chi connectivity index (χ2n) is 5.80. The van der Waals surface area contributed by atoms with Gasteiger partial charge in [0.15, 0.2) is 0 Å². The maximum Gasteiger partial charge on any atom is 0.329 e. The van der Waals surface area contributed by atoms with Gasteiger partial charge in [0.2, 0.25) is 0 Å². The number of carbonyl (C=O) groups is 1. The van der Waals surface area contributed by atoms with Gasteiger partial charge in [-0.3, -0.25) is 0 Å². The van der Waals surface area contributed by atoms with Crippen molar-refractivity contribution in [3.8, 4) is 0 Å². The van der Waals surface area contributed by atoms with E-state index in [0.29, 0.717) is 6.42 Å². The Kier molecular flexibility index (Phi) is 2.97. The second-order valence-corrected chi connectivity index (χ2v) is 5.80. The van der Waals surface area contributed by atoms with Gasteiger partial charge in [-0.05, 0) is 38.4 Å². The summed E-state index contributed by atoms with van der Waals surface area (Å²) in [5, 5.41) is 13.1. The Hall–Kier alpha value is -1.55. The zero-order chi connectivity index (χ0) is 13.5. The molecule has 102 valence electrons. The highest BCUT2D eigenvalue weighted by molar-refractivity contribution is 5.83. The van der Waals surface area contributed by atoms with Gasteiger partial charge in [-0.25, -0.2) is 4.79 Å². The monoisotopic (exact) mass is 260 g/mol. The van der Waals surface area contributed by atoms with Crippen LogP contribution in [-0.2, 0) is 4.79 Å². The van der Waals surface area contributed by atoms with E-state index < -0.39 is 11.5 Å². The van der Waals surface area contributed by atoms with Crippen LogP contribution in [0.4, 0.5) is 5.69 Å². The predicted octanol–water partition coefficient (Wildman–Crippen LogP) is 1.96. The Balaban J connectivity index is 1.88. The molecule has 2 saturated heterocycles. The van der Waals surface area contributed by atoms with Crippen molar-refractivity contribution in [2.24, 2.45) is 5.92 Å². The smallest absolute Gasteiger partial charge is 0.329 e. The number of nitrogens with zero attached hydrogens (tertiary/aromatic N) is 1. The van der Waals surface area contributed by atoms with E-state index in [4.69, 9.17) is 0 Å².